The Morgan fingerprint density at radius 1 is 0.269 bits per heavy atom. The van der Waals surface area contributed by atoms with Crippen LogP contribution in [-0.2, 0) is 28.6 Å². The van der Waals surface area contributed by atoms with E-state index in [0.717, 1.165) is 103 Å². The second-order valence-electron chi connectivity index (χ2n) is 22.7. The molecule has 0 heterocycles. The Morgan fingerprint density at radius 2 is 0.500 bits per heavy atom. The molecule has 0 rings (SSSR count). The van der Waals surface area contributed by atoms with Gasteiger partial charge in [0.25, 0.3) is 0 Å². The van der Waals surface area contributed by atoms with Crippen molar-refractivity contribution >= 4 is 17.9 Å². The molecule has 0 aromatic carbocycles. The average Bonchev–Trinajstić information content (AvgIpc) is 3.44. The molecule has 1 unspecified atom stereocenters. The minimum Gasteiger partial charge on any atom is -0.462 e. The van der Waals surface area contributed by atoms with Crippen molar-refractivity contribution < 1.29 is 28.6 Å². The summed E-state index contributed by atoms with van der Waals surface area (Å²) in [6.45, 7) is 6.51. The Bertz CT molecular complexity index is 1440. The summed E-state index contributed by atoms with van der Waals surface area (Å²) < 4.78 is 16.8. The van der Waals surface area contributed by atoms with Crippen molar-refractivity contribution in [1.82, 2.24) is 0 Å². The number of allylic oxidation sites excluding steroid dienone is 12. The van der Waals surface area contributed by atoms with Crippen molar-refractivity contribution in [1.29, 1.82) is 0 Å². The average molecular weight is 1090 g/mol. The Balaban J connectivity index is 4.05. The lowest BCUT2D eigenvalue weighted by Crippen LogP contribution is -2.30. The van der Waals surface area contributed by atoms with Gasteiger partial charge in [0, 0.05) is 19.3 Å². The molecule has 6 nitrogen and oxygen atoms in total. The van der Waals surface area contributed by atoms with Gasteiger partial charge in [-0.15, -0.1) is 0 Å². The van der Waals surface area contributed by atoms with E-state index >= 15 is 0 Å². The van der Waals surface area contributed by atoms with E-state index in [1.54, 1.807) is 0 Å². The highest BCUT2D eigenvalue weighted by molar-refractivity contribution is 5.71. The van der Waals surface area contributed by atoms with Crippen LogP contribution in [0, 0.1) is 0 Å². The van der Waals surface area contributed by atoms with Gasteiger partial charge in [0.05, 0.1) is 0 Å². The van der Waals surface area contributed by atoms with Crippen molar-refractivity contribution in [3.8, 4) is 0 Å². The van der Waals surface area contributed by atoms with Crippen LogP contribution in [0.15, 0.2) is 72.9 Å². The molecule has 0 aromatic heterocycles. The number of ether oxygens (including phenoxy) is 3. The molecule has 0 aliphatic heterocycles. The second kappa shape index (κ2) is 66.4. The molecule has 0 aromatic rings. The number of carbonyl (C=O) groups excluding carboxylic acids is 3. The van der Waals surface area contributed by atoms with E-state index in [0.29, 0.717) is 19.3 Å². The molecule has 0 N–H and O–H groups in total. The maximum absolute atomic E-state index is 12.9. The highest BCUT2D eigenvalue weighted by Crippen LogP contribution is 2.18. The molecule has 0 saturated heterocycles. The SMILES string of the molecule is CC/C=C\C/C=C\C/C=C\C/C=C\C/C=C\C/C=C\CCCCCCCCCCC(=O)OCC(COC(=O)CCCCCCCC)OC(=O)CCCCCCCCCCCCCCCCCCCCCCCCCCCCC. The van der Waals surface area contributed by atoms with Crippen LogP contribution < -0.4 is 0 Å². The first-order valence-corrected chi connectivity index (χ1v) is 33.9. The first kappa shape index (κ1) is 74.8. The monoisotopic (exact) mass is 1090 g/mol. The highest BCUT2D eigenvalue weighted by Gasteiger charge is 2.19. The summed E-state index contributed by atoms with van der Waals surface area (Å²) in [5.41, 5.74) is 0. The van der Waals surface area contributed by atoms with Gasteiger partial charge in [-0.05, 0) is 70.6 Å². The van der Waals surface area contributed by atoms with E-state index in [-0.39, 0.29) is 31.1 Å². The number of hydrogen-bond acceptors (Lipinski definition) is 6. The van der Waals surface area contributed by atoms with Gasteiger partial charge in [0.15, 0.2) is 6.10 Å². The minimum atomic E-state index is -0.775. The van der Waals surface area contributed by atoms with E-state index in [1.807, 2.05) is 0 Å². The first-order valence-electron chi connectivity index (χ1n) is 33.9. The Kier molecular flexibility index (Phi) is 63.7. The lowest BCUT2D eigenvalue weighted by Gasteiger charge is -2.18. The molecule has 0 radical (unpaired) electrons. The predicted octanol–water partition coefficient (Wildman–Crippen LogP) is 23.3. The molecule has 0 bridgehead atoms. The quantitative estimate of drug-likeness (QED) is 0.0261. The van der Waals surface area contributed by atoms with Crippen LogP contribution in [0.4, 0.5) is 0 Å². The number of esters is 3. The van der Waals surface area contributed by atoms with E-state index in [1.165, 1.54) is 205 Å². The van der Waals surface area contributed by atoms with Crippen LogP contribution in [0.1, 0.15) is 348 Å². The molecule has 0 saturated carbocycles. The molecular weight excluding hydrogens is 961 g/mol. The number of rotatable bonds is 62. The smallest absolute Gasteiger partial charge is 0.306 e. The maximum atomic E-state index is 12.9. The molecule has 0 fully saturated rings. The molecule has 452 valence electrons. The summed E-state index contributed by atoms with van der Waals surface area (Å²) in [5, 5.41) is 0. The Labute approximate surface area is 484 Å². The zero-order valence-electron chi connectivity index (χ0n) is 51.9. The van der Waals surface area contributed by atoms with Crippen molar-refractivity contribution in [3.63, 3.8) is 0 Å². The second-order valence-corrected chi connectivity index (χ2v) is 22.7. The van der Waals surface area contributed by atoms with Gasteiger partial charge in [-0.2, -0.15) is 0 Å². The molecule has 78 heavy (non-hydrogen) atoms. The lowest BCUT2D eigenvalue weighted by atomic mass is 10.0. The first-order chi connectivity index (χ1) is 38.5. The number of unbranched alkanes of at least 4 members (excludes halogenated alkanes) is 39. The largest absolute Gasteiger partial charge is 0.462 e. The third-order valence-corrected chi connectivity index (χ3v) is 15.0. The standard InChI is InChI=1S/C72H128O6/c1-4-7-10-13-16-18-20-22-24-26-28-30-32-34-36-38-40-42-44-46-48-50-52-54-56-59-62-65-71(74)77-68-69(67-76-70(73)64-61-58-15-12-9-6-3)78-72(75)66-63-60-57-55-53-51-49-47-45-43-41-39-37-35-33-31-29-27-25-23-21-19-17-14-11-8-5-2/h7,10,16,18,22,24,28,30,34,36,40,42,69H,4-6,8-9,11-15,17,19-21,23,25-27,29,31-33,35,37-39,41,43-68H2,1-3H3/b10-7-,18-16-,24-22-,30-28-,36-34-,42-40-. The van der Waals surface area contributed by atoms with Gasteiger partial charge in [0.1, 0.15) is 13.2 Å². The minimum absolute atomic E-state index is 0.0748. The van der Waals surface area contributed by atoms with Gasteiger partial charge in [-0.3, -0.25) is 14.4 Å². The van der Waals surface area contributed by atoms with Crippen LogP contribution >= 0.6 is 0 Å². The lowest BCUT2D eigenvalue weighted by molar-refractivity contribution is -0.167. The summed E-state index contributed by atoms with van der Waals surface area (Å²) in [4.78, 5) is 38.1. The Morgan fingerprint density at radius 3 is 0.782 bits per heavy atom. The van der Waals surface area contributed by atoms with Gasteiger partial charge >= 0.3 is 17.9 Å². The van der Waals surface area contributed by atoms with E-state index in [9.17, 15) is 14.4 Å². The normalized spacial score (nSPS) is 12.5. The predicted molar refractivity (Wildman–Crippen MR) is 339 cm³/mol. The molecule has 0 amide bonds. The molecule has 0 spiro atoms. The fourth-order valence-electron chi connectivity index (χ4n) is 9.92. The number of hydrogen-bond donors (Lipinski definition) is 0. The summed E-state index contributed by atoms with van der Waals surface area (Å²) in [6, 6.07) is 0. The van der Waals surface area contributed by atoms with E-state index in [4.69, 9.17) is 14.2 Å². The van der Waals surface area contributed by atoms with Crippen LogP contribution in [0.3, 0.4) is 0 Å². The van der Waals surface area contributed by atoms with Gasteiger partial charge in [-0.25, -0.2) is 0 Å². The highest BCUT2D eigenvalue weighted by atomic mass is 16.6. The van der Waals surface area contributed by atoms with Gasteiger partial charge in [-0.1, -0.05) is 331 Å². The van der Waals surface area contributed by atoms with Crippen molar-refractivity contribution in [2.24, 2.45) is 0 Å². The van der Waals surface area contributed by atoms with Crippen molar-refractivity contribution in [3.05, 3.63) is 72.9 Å². The topological polar surface area (TPSA) is 78.9 Å². The van der Waals surface area contributed by atoms with Crippen molar-refractivity contribution in [2.45, 2.75) is 354 Å². The third-order valence-electron chi connectivity index (χ3n) is 15.0. The van der Waals surface area contributed by atoms with Crippen LogP contribution in [0.25, 0.3) is 0 Å². The molecular formula is C72H128O6. The fourth-order valence-corrected chi connectivity index (χ4v) is 9.92. The molecule has 0 aliphatic carbocycles. The maximum Gasteiger partial charge on any atom is 0.306 e. The van der Waals surface area contributed by atoms with Gasteiger partial charge in [0.2, 0.25) is 0 Å². The summed E-state index contributed by atoms with van der Waals surface area (Å²) >= 11 is 0. The van der Waals surface area contributed by atoms with E-state index in [2.05, 4.69) is 93.7 Å². The summed E-state index contributed by atoms with van der Waals surface area (Å²) in [6.07, 6.45) is 86.8. The molecule has 1 atom stereocenters. The van der Waals surface area contributed by atoms with Gasteiger partial charge < -0.3 is 14.2 Å². The van der Waals surface area contributed by atoms with Crippen LogP contribution in [-0.4, -0.2) is 37.2 Å². The summed E-state index contributed by atoms with van der Waals surface area (Å²) in [5.74, 6) is -0.876. The molecule has 0 aliphatic rings. The molecule has 6 heteroatoms. The number of carbonyl (C=O) groups is 3. The van der Waals surface area contributed by atoms with E-state index < -0.39 is 6.10 Å². The van der Waals surface area contributed by atoms with Crippen LogP contribution in [0.5, 0.6) is 0 Å². The zero-order valence-corrected chi connectivity index (χ0v) is 51.9. The van der Waals surface area contributed by atoms with Crippen LogP contribution in [0.2, 0.25) is 0 Å². The zero-order chi connectivity index (χ0) is 56.4. The third kappa shape index (κ3) is 63.7. The van der Waals surface area contributed by atoms with Crippen molar-refractivity contribution in [2.75, 3.05) is 13.2 Å². The summed E-state index contributed by atoms with van der Waals surface area (Å²) in [7, 11) is 0. The fraction of sp³-hybridized carbons (Fsp3) is 0.792. The Hall–Kier alpha value is -3.15.